The first kappa shape index (κ1) is 21.8. The van der Waals surface area contributed by atoms with Crippen LogP contribution < -0.4 is 5.73 Å². The summed E-state index contributed by atoms with van der Waals surface area (Å²) in [4.78, 5) is 5.13. The molecule has 0 saturated carbocycles. The summed E-state index contributed by atoms with van der Waals surface area (Å²) in [7, 11) is 0. The SMILES string of the molecule is CC1(C)CN(Cc2cccc(N)c2)CCN1Cc1ccccc1.Cl.Cl. The molecule has 2 aromatic carbocycles. The fourth-order valence-corrected chi connectivity index (χ4v) is 3.47. The average Bonchev–Trinajstić information content (AvgIpc) is 2.51. The molecule has 1 fully saturated rings. The van der Waals surface area contributed by atoms with Crippen molar-refractivity contribution in [3.63, 3.8) is 0 Å². The first-order valence-electron chi connectivity index (χ1n) is 8.39. The van der Waals surface area contributed by atoms with Crippen molar-refractivity contribution < 1.29 is 0 Å². The quantitative estimate of drug-likeness (QED) is 0.804. The summed E-state index contributed by atoms with van der Waals surface area (Å²) >= 11 is 0. The predicted octanol–water partition coefficient (Wildman–Crippen LogP) is 4.21. The molecule has 0 amide bonds. The third-order valence-electron chi connectivity index (χ3n) is 4.73. The summed E-state index contributed by atoms with van der Waals surface area (Å²) in [6.07, 6.45) is 0. The van der Waals surface area contributed by atoms with Gasteiger partial charge in [-0.15, -0.1) is 24.8 Å². The molecule has 0 aromatic heterocycles. The van der Waals surface area contributed by atoms with Crippen LogP contribution in [0.2, 0.25) is 0 Å². The van der Waals surface area contributed by atoms with E-state index in [4.69, 9.17) is 5.73 Å². The monoisotopic (exact) mass is 381 g/mol. The zero-order valence-electron chi connectivity index (χ0n) is 15.0. The first-order chi connectivity index (χ1) is 11.0. The van der Waals surface area contributed by atoms with Gasteiger partial charge in [0.15, 0.2) is 0 Å². The van der Waals surface area contributed by atoms with Crippen LogP contribution >= 0.6 is 24.8 Å². The van der Waals surface area contributed by atoms with Gasteiger partial charge in [-0.05, 0) is 37.1 Å². The summed E-state index contributed by atoms with van der Waals surface area (Å²) in [6, 6.07) is 19.0. The molecule has 2 N–H and O–H groups in total. The van der Waals surface area contributed by atoms with Crippen LogP contribution in [0.1, 0.15) is 25.0 Å². The van der Waals surface area contributed by atoms with Gasteiger partial charge in [0.1, 0.15) is 0 Å². The highest BCUT2D eigenvalue weighted by Gasteiger charge is 2.33. The number of nitrogens with zero attached hydrogens (tertiary/aromatic N) is 2. The van der Waals surface area contributed by atoms with Crippen molar-refractivity contribution in [3.8, 4) is 0 Å². The van der Waals surface area contributed by atoms with Gasteiger partial charge >= 0.3 is 0 Å². The predicted molar refractivity (Wildman–Crippen MR) is 112 cm³/mol. The van der Waals surface area contributed by atoms with Crippen LogP contribution in [0.5, 0.6) is 0 Å². The standard InChI is InChI=1S/C20H27N3.2ClH/c1-20(2)16-22(14-18-9-6-10-19(21)13-18)11-12-23(20)15-17-7-4-3-5-8-17;;/h3-10,13H,11-12,14-16,21H2,1-2H3;2*1H. The van der Waals surface area contributed by atoms with Gasteiger partial charge in [-0.3, -0.25) is 9.80 Å². The van der Waals surface area contributed by atoms with Crippen LogP contribution in [0.15, 0.2) is 54.6 Å². The molecule has 3 rings (SSSR count). The topological polar surface area (TPSA) is 32.5 Å². The Bertz CT molecular complexity index is 646. The highest BCUT2D eigenvalue weighted by atomic mass is 35.5. The Kier molecular flexibility index (Phi) is 8.23. The number of hydrogen-bond acceptors (Lipinski definition) is 3. The van der Waals surface area contributed by atoms with Crippen LogP contribution in [0, 0.1) is 0 Å². The molecule has 25 heavy (non-hydrogen) atoms. The normalized spacial score (nSPS) is 17.4. The highest BCUT2D eigenvalue weighted by Crippen LogP contribution is 2.24. The molecule has 3 nitrogen and oxygen atoms in total. The van der Waals surface area contributed by atoms with Crippen LogP contribution in [0.3, 0.4) is 0 Å². The van der Waals surface area contributed by atoms with Crippen molar-refractivity contribution in [2.45, 2.75) is 32.5 Å². The summed E-state index contributed by atoms with van der Waals surface area (Å²) in [5.41, 5.74) is 9.62. The zero-order chi connectivity index (χ0) is 16.3. The van der Waals surface area contributed by atoms with Crippen molar-refractivity contribution in [3.05, 3.63) is 65.7 Å². The largest absolute Gasteiger partial charge is 0.399 e. The second-order valence-electron chi connectivity index (χ2n) is 7.18. The maximum atomic E-state index is 5.90. The van der Waals surface area contributed by atoms with E-state index in [1.165, 1.54) is 11.1 Å². The van der Waals surface area contributed by atoms with Crippen molar-refractivity contribution in [2.75, 3.05) is 25.4 Å². The first-order valence-corrected chi connectivity index (χ1v) is 8.39. The van der Waals surface area contributed by atoms with Gasteiger partial charge in [-0.25, -0.2) is 0 Å². The van der Waals surface area contributed by atoms with E-state index >= 15 is 0 Å². The Morgan fingerprint density at radius 1 is 0.880 bits per heavy atom. The molecule has 1 saturated heterocycles. The molecule has 0 atom stereocenters. The van der Waals surface area contributed by atoms with E-state index < -0.39 is 0 Å². The van der Waals surface area contributed by atoms with Crippen LogP contribution in [0.4, 0.5) is 5.69 Å². The molecule has 0 unspecified atom stereocenters. The van der Waals surface area contributed by atoms with Crippen molar-refractivity contribution in [1.29, 1.82) is 0 Å². The van der Waals surface area contributed by atoms with E-state index in [-0.39, 0.29) is 30.4 Å². The smallest absolute Gasteiger partial charge is 0.0317 e. The van der Waals surface area contributed by atoms with Crippen LogP contribution in [-0.4, -0.2) is 35.0 Å². The lowest BCUT2D eigenvalue weighted by Gasteiger charge is -2.47. The third kappa shape index (κ3) is 5.89. The maximum absolute atomic E-state index is 5.90. The Balaban J connectivity index is 0.00000156. The minimum Gasteiger partial charge on any atom is -0.399 e. The van der Waals surface area contributed by atoms with Gasteiger partial charge in [0.25, 0.3) is 0 Å². The molecular formula is C20H29Cl2N3. The second-order valence-corrected chi connectivity index (χ2v) is 7.18. The Labute approximate surface area is 164 Å². The molecule has 0 radical (unpaired) electrons. The van der Waals surface area contributed by atoms with E-state index in [1.807, 2.05) is 12.1 Å². The van der Waals surface area contributed by atoms with E-state index in [1.54, 1.807) is 0 Å². The van der Waals surface area contributed by atoms with E-state index in [0.717, 1.165) is 38.4 Å². The number of anilines is 1. The Morgan fingerprint density at radius 2 is 1.56 bits per heavy atom. The van der Waals surface area contributed by atoms with Gasteiger partial charge in [0.2, 0.25) is 0 Å². The van der Waals surface area contributed by atoms with Gasteiger partial charge < -0.3 is 5.73 Å². The molecule has 1 heterocycles. The van der Waals surface area contributed by atoms with Crippen molar-refractivity contribution in [2.24, 2.45) is 0 Å². The summed E-state index contributed by atoms with van der Waals surface area (Å²) in [5, 5.41) is 0. The number of benzene rings is 2. The molecule has 5 heteroatoms. The Morgan fingerprint density at radius 3 is 2.20 bits per heavy atom. The molecule has 0 bridgehead atoms. The minimum atomic E-state index is 0. The van der Waals surface area contributed by atoms with Crippen LogP contribution in [-0.2, 0) is 13.1 Å². The average molecular weight is 382 g/mol. The number of hydrogen-bond donors (Lipinski definition) is 1. The molecule has 1 aliphatic heterocycles. The lowest BCUT2D eigenvalue weighted by Crippen LogP contribution is -2.58. The Hall–Kier alpha value is -1.26. The van der Waals surface area contributed by atoms with Crippen molar-refractivity contribution >= 4 is 30.5 Å². The number of halogens is 2. The van der Waals surface area contributed by atoms with Crippen LogP contribution in [0.25, 0.3) is 0 Å². The number of nitrogens with two attached hydrogens (primary N) is 1. The molecule has 0 aliphatic carbocycles. The fourth-order valence-electron chi connectivity index (χ4n) is 3.47. The number of rotatable bonds is 4. The number of piperazine rings is 1. The molecular weight excluding hydrogens is 353 g/mol. The van der Waals surface area contributed by atoms with Gasteiger partial charge in [-0.1, -0.05) is 42.5 Å². The number of nitrogen functional groups attached to an aromatic ring is 1. The lowest BCUT2D eigenvalue weighted by molar-refractivity contribution is 0.0103. The van der Waals surface area contributed by atoms with E-state index in [0.29, 0.717) is 0 Å². The maximum Gasteiger partial charge on any atom is 0.0317 e. The van der Waals surface area contributed by atoms with Gasteiger partial charge in [0, 0.05) is 44.0 Å². The highest BCUT2D eigenvalue weighted by molar-refractivity contribution is 5.85. The summed E-state index contributed by atoms with van der Waals surface area (Å²) in [5.74, 6) is 0. The van der Waals surface area contributed by atoms with Crippen molar-refractivity contribution in [1.82, 2.24) is 9.80 Å². The van der Waals surface area contributed by atoms with E-state index in [9.17, 15) is 0 Å². The lowest BCUT2D eigenvalue weighted by atomic mass is 9.97. The molecule has 0 spiro atoms. The summed E-state index contributed by atoms with van der Waals surface area (Å²) < 4.78 is 0. The van der Waals surface area contributed by atoms with Gasteiger partial charge in [-0.2, -0.15) is 0 Å². The zero-order valence-corrected chi connectivity index (χ0v) is 16.7. The minimum absolute atomic E-state index is 0. The van der Waals surface area contributed by atoms with E-state index in [2.05, 4.69) is 66.1 Å². The van der Waals surface area contributed by atoms with Gasteiger partial charge in [0.05, 0.1) is 0 Å². The molecule has 138 valence electrons. The summed E-state index contributed by atoms with van der Waals surface area (Å²) in [6.45, 7) is 9.99. The molecule has 1 aliphatic rings. The third-order valence-corrected chi connectivity index (χ3v) is 4.73. The fraction of sp³-hybridized carbons (Fsp3) is 0.400. The molecule has 2 aromatic rings. The second kappa shape index (κ2) is 9.44.